The summed E-state index contributed by atoms with van der Waals surface area (Å²) in [6, 6.07) is 10.8. The lowest BCUT2D eigenvalue weighted by Crippen LogP contribution is -2.11. The van der Waals surface area contributed by atoms with Crippen LogP contribution in [0.2, 0.25) is 0 Å². The van der Waals surface area contributed by atoms with Gasteiger partial charge in [-0.25, -0.2) is 0 Å². The van der Waals surface area contributed by atoms with Gasteiger partial charge in [0.15, 0.2) is 0 Å². The van der Waals surface area contributed by atoms with Gasteiger partial charge in [-0.05, 0) is 36.4 Å². The number of rotatable bonds is 5. The summed E-state index contributed by atoms with van der Waals surface area (Å²) in [4.78, 5) is 1.37. The molecule has 1 aromatic heterocycles. The van der Waals surface area contributed by atoms with E-state index in [-0.39, 0.29) is 0 Å². The Morgan fingerprint density at radius 2 is 2.11 bits per heavy atom. The lowest BCUT2D eigenvalue weighted by molar-refractivity contribution is 0.688. The van der Waals surface area contributed by atoms with Gasteiger partial charge < -0.3 is 11.1 Å². The zero-order chi connectivity index (χ0) is 13.0. The molecule has 2 aromatic rings. The number of hydrogen-bond donors (Lipinski definition) is 2. The molecule has 2 rings (SSSR count). The first-order valence-corrected chi connectivity index (χ1v) is 7.25. The van der Waals surface area contributed by atoms with Crippen molar-refractivity contribution in [2.24, 2.45) is 0 Å². The summed E-state index contributed by atoms with van der Waals surface area (Å²) >= 11 is 1.80. The molecule has 0 bridgehead atoms. The standard InChI is InChI=1S/C15H20N2S/c1-3-6-12(14-9-5-10-18-14)17-13-8-4-7-11(2)15(13)16/h4-5,7-10,12,17H,3,6,16H2,1-2H3. The average molecular weight is 260 g/mol. The second-order valence-electron chi connectivity index (χ2n) is 4.54. The van der Waals surface area contributed by atoms with Gasteiger partial charge in [0.2, 0.25) is 0 Å². The van der Waals surface area contributed by atoms with E-state index in [9.17, 15) is 0 Å². The number of nitrogen functional groups attached to an aromatic ring is 1. The Kier molecular flexibility index (Phi) is 4.26. The van der Waals surface area contributed by atoms with Crippen molar-refractivity contribution in [3.63, 3.8) is 0 Å². The normalized spacial score (nSPS) is 12.3. The predicted octanol–water partition coefficient (Wildman–Crippen LogP) is 4.59. The molecule has 0 spiro atoms. The molecule has 1 aromatic carbocycles. The van der Waals surface area contributed by atoms with Crippen LogP contribution in [-0.2, 0) is 0 Å². The molecule has 0 aliphatic rings. The fourth-order valence-corrected chi connectivity index (χ4v) is 2.87. The van der Waals surface area contributed by atoms with E-state index < -0.39 is 0 Å². The molecule has 96 valence electrons. The largest absolute Gasteiger partial charge is 0.397 e. The van der Waals surface area contributed by atoms with E-state index in [0.717, 1.165) is 29.8 Å². The SMILES string of the molecule is CCCC(Nc1cccc(C)c1N)c1cccs1. The lowest BCUT2D eigenvalue weighted by atomic mass is 10.1. The van der Waals surface area contributed by atoms with E-state index in [1.54, 1.807) is 11.3 Å². The Balaban J connectivity index is 2.21. The van der Waals surface area contributed by atoms with E-state index >= 15 is 0 Å². The van der Waals surface area contributed by atoms with Crippen LogP contribution >= 0.6 is 11.3 Å². The van der Waals surface area contributed by atoms with Crippen LogP contribution in [-0.4, -0.2) is 0 Å². The number of anilines is 2. The van der Waals surface area contributed by atoms with E-state index in [1.165, 1.54) is 4.88 Å². The Morgan fingerprint density at radius 3 is 2.78 bits per heavy atom. The molecule has 1 atom stereocenters. The zero-order valence-corrected chi connectivity index (χ0v) is 11.8. The van der Waals surface area contributed by atoms with E-state index in [1.807, 2.05) is 19.1 Å². The van der Waals surface area contributed by atoms with Crippen LogP contribution in [0, 0.1) is 6.92 Å². The first-order valence-electron chi connectivity index (χ1n) is 6.37. The lowest BCUT2D eigenvalue weighted by Gasteiger charge is -2.20. The maximum atomic E-state index is 6.12. The van der Waals surface area contributed by atoms with Gasteiger partial charge in [-0.3, -0.25) is 0 Å². The van der Waals surface area contributed by atoms with E-state index in [0.29, 0.717) is 6.04 Å². The number of thiophene rings is 1. The summed E-state index contributed by atoms with van der Waals surface area (Å²) in [6.07, 6.45) is 2.27. The number of benzene rings is 1. The van der Waals surface area contributed by atoms with Crippen LogP contribution in [0.4, 0.5) is 11.4 Å². The minimum atomic E-state index is 0.360. The first kappa shape index (κ1) is 13.0. The van der Waals surface area contributed by atoms with E-state index in [4.69, 9.17) is 5.73 Å². The second kappa shape index (κ2) is 5.91. The van der Waals surface area contributed by atoms with Gasteiger partial charge in [0, 0.05) is 4.88 Å². The summed E-state index contributed by atoms with van der Waals surface area (Å²) in [5.41, 5.74) is 9.15. The van der Waals surface area contributed by atoms with Crippen LogP contribution in [0.5, 0.6) is 0 Å². The molecule has 2 nitrogen and oxygen atoms in total. The molecule has 0 aliphatic heterocycles. The number of aryl methyl sites for hydroxylation is 1. The molecule has 3 heteroatoms. The van der Waals surface area contributed by atoms with Gasteiger partial charge in [0.1, 0.15) is 0 Å². The zero-order valence-electron chi connectivity index (χ0n) is 10.9. The highest BCUT2D eigenvalue weighted by atomic mass is 32.1. The van der Waals surface area contributed by atoms with Crippen LogP contribution in [0.15, 0.2) is 35.7 Å². The quantitative estimate of drug-likeness (QED) is 0.771. The second-order valence-corrected chi connectivity index (χ2v) is 5.52. The molecule has 0 fully saturated rings. The maximum Gasteiger partial charge on any atom is 0.0607 e. The third-order valence-electron chi connectivity index (χ3n) is 3.12. The van der Waals surface area contributed by atoms with Gasteiger partial charge in [0.05, 0.1) is 17.4 Å². The highest BCUT2D eigenvalue weighted by Crippen LogP contribution is 2.30. The third kappa shape index (κ3) is 2.85. The summed E-state index contributed by atoms with van der Waals surface area (Å²) in [7, 11) is 0. The monoisotopic (exact) mass is 260 g/mol. The number of nitrogens with one attached hydrogen (secondary N) is 1. The average Bonchev–Trinajstić information content (AvgIpc) is 2.88. The Bertz CT molecular complexity index is 491. The molecule has 1 heterocycles. The number of nitrogens with two attached hydrogens (primary N) is 1. The molecule has 3 N–H and O–H groups in total. The summed E-state index contributed by atoms with van der Waals surface area (Å²) in [6.45, 7) is 4.25. The molecule has 0 radical (unpaired) electrons. The summed E-state index contributed by atoms with van der Waals surface area (Å²) in [5, 5.41) is 5.70. The van der Waals surface area contributed by atoms with Crippen molar-refractivity contribution >= 4 is 22.7 Å². The Labute approximate surface area is 113 Å². The van der Waals surface area contributed by atoms with Crippen molar-refractivity contribution < 1.29 is 0 Å². The molecule has 0 aliphatic carbocycles. The van der Waals surface area contributed by atoms with Gasteiger partial charge in [-0.2, -0.15) is 0 Å². The smallest absolute Gasteiger partial charge is 0.0607 e. The topological polar surface area (TPSA) is 38.0 Å². The van der Waals surface area contributed by atoms with Crippen LogP contribution in [0.25, 0.3) is 0 Å². The van der Waals surface area contributed by atoms with Crippen LogP contribution < -0.4 is 11.1 Å². The van der Waals surface area contributed by atoms with Crippen molar-refractivity contribution in [2.75, 3.05) is 11.1 Å². The Hall–Kier alpha value is -1.48. The highest BCUT2D eigenvalue weighted by Gasteiger charge is 2.13. The van der Waals surface area contributed by atoms with Gasteiger partial charge in [-0.15, -0.1) is 11.3 Å². The Morgan fingerprint density at radius 1 is 1.28 bits per heavy atom. The van der Waals surface area contributed by atoms with Crippen molar-refractivity contribution in [1.29, 1.82) is 0 Å². The molecule has 0 saturated heterocycles. The van der Waals surface area contributed by atoms with Crippen LogP contribution in [0.3, 0.4) is 0 Å². The van der Waals surface area contributed by atoms with Crippen molar-refractivity contribution in [3.8, 4) is 0 Å². The molecule has 0 amide bonds. The predicted molar refractivity (Wildman–Crippen MR) is 81.2 cm³/mol. The summed E-state index contributed by atoms with van der Waals surface area (Å²) < 4.78 is 0. The number of hydrogen-bond acceptors (Lipinski definition) is 3. The van der Waals surface area contributed by atoms with Crippen molar-refractivity contribution in [2.45, 2.75) is 32.7 Å². The van der Waals surface area contributed by atoms with Gasteiger partial charge in [0.25, 0.3) is 0 Å². The summed E-state index contributed by atoms with van der Waals surface area (Å²) in [5.74, 6) is 0. The highest BCUT2D eigenvalue weighted by molar-refractivity contribution is 7.10. The first-order chi connectivity index (χ1) is 8.72. The fourth-order valence-electron chi connectivity index (χ4n) is 2.06. The third-order valence-corrected chi connectivity index (χ3v) is 4.10. The minimum Gasteiger partial charge on any atom is -0.397 e. The molecule has 0 saturated carbocycles. The van der Waals surface area contributed by atoms with Crippen molar-refractivity contribution in [1.82, 2.24) is 0 Å². The molecule has 1 unspecified atom stereocenters. The maximum absolute atomic E-state index is 6.12. The van der Waals surface area contributed by atoms with E-state index in [2.05, 4.69) is 35.8 Å². The van der Waals surface area contributed by atoms with Gasteiger partial charge >= 0.3 is 0 Å². The van der Waals surface area contributed by atoms with Crippen molar-refractivity contribution in [3.05, 3.63) is 46.2 Å². The molecular weight excluding hydrogens is 240 g/mol. The molecular formula is C15H20N2S. The fraction of sp³-hybridized carbons (Fsp3) is 0.333. The van der Waals surface area contributed by atoms with Gasteiger partial charge in [-0.1, -0.05) is 31.5 Å². The number of para-hydroxylation sites is 1. The van der Waals surface area contributed by atoms with Crippen LogP contribution in [0.1, 0.15) is 36.2 Å². The minimum absolute atomic E-state index is 0.360. The molecule has 18 heavy (non-hydrogen) atoms.